The number of nitrogens with zero attached hydrogens (tertiary/aromatic N) is 1. The number of nitrogens with one attached hydrogen (secondary N) is 1. The van der Waals surface area contributed by atoms with E-state index < -0.39 is 0 Å². The standard InChI is InChI=1S/C18H19FN2/c1-13-9-16(11-20)3-6-17(13)12-21-14(2)10-15-4-7-18(19)8-5-15/h3-9,14,21H,10,12H2,1-2H3. The largest absolute Gasteiger partial charge is 0.310 e. The van der Waals surface area contributed by atoms with Crippen molar-refractivity contribution >= 4 is 0 Å². The van der Waals surface area contributed by atoms with Gasteiger partial charge in [0, 0.05) is 12.6 Å². The molecule has 21 heavy (non-hydrogen) atoms. The van der Waals surface area contributed by atoms with Crippen LogP contribution in [0.4, 0.5) is 4.39 Å². The highest BCUT2D eigenvalue weighted by atomic mass is 19.1. The average molecular weight is 282 g/mol. The van der Waals surface area contributed by atoms with E-state index in [2.05, 4.69) is 18.3 Å². The van der Waals surface area contributed by atoms with E-state index in [9.17, 15) is 4.39 Å². The molecule has 0 saturated carbocycles. The third kappa shape index (κ3) is 4.40. The summed E-state index contributed by atoms with van der Waals surface area (Å²) in [5, 5.41) is 12.3. The Balaban J connectivity index is 1.90. The normalized spacial score (nSPS) is 11.9. The molecular formula is C18H19FN2. The molecule has 2 nitrogen and oxygen atoms in total. The molecule has 0 saturated heterocycles. The number of halogens is 1. The molecular weight excluding hydrogens is 263 g/mol. The first-order chi connectivity index (χ1) is 10.1. The number of hydrogen-bond acceptors (Lipinski definition) is 2. The molecule has 1 atom stereocenters. The van der Waals surface area contributed by atoms with Crippen LogP contribution in [0.5, 0.6) is 0 Å². The van der Waals surface area contributed by atoms with Gasteiger partial charge in [-0.15, -0.1) is 0 Å². The smallest absolute Gasteiger partial charge is 0.123 e. The summed E-state index contributed by atoms with van der Waals surface area (Å²) in [6.07, 6.45) is 0.857. The fourth-order valence-corrected chi connectivity index (χ4v) is 2.29. The van der Waals surface area contributed by atoms with Crippen molar-refractivity contribution in [3.8, 4) is 6.07 Å². The SMILES string of the molecule is Cc1cc(C#N)ccc1CNC(C)Cc1ccc(F)cc1. The lowest BCUT2D eigenvalue weighted by Gasteiger charge is -2.15. The van der Waals surface area contributed by atoms with Crippen LogP contribution in [-0.2, 0) is 13.0 Å². The van der Waals surface area contributed by atoms with Gasteiger partial charge in [0.15, 0.2) is 0 Å². The quantitative estimate of drug-likeness (QED) is 0.907. The van der Waals surface area contributed by atoms with Gasteiger partial charge < -0.3 is 5.32 Å². The monoisotopic (exact) mass is 282 g/mol. The van der Waals surface area contributed by atoms with Crippen molar-refractivity contribution in [2.45, 2.75) is 32.9 Å². The second-order valence-corrected chi connectivity index (χ2v) is 5.37. The molecule has 0 bridgehead atoms. The van der Waals surface area contributed by atoms with Crippen LogP contribution in [-0.4, -0.2) is 6.04 Å². The fraction of sp³-hybridized carbons (Fsp3) is 0.278. The number of hydrogen-bond donors (Lipinski definition) is 1. The van der Waals surface area contributed by atoms with Gasteiger partial charge in [-0.05, 0) is 61.2 Å². The summed E-state index contributed by atoms with van der Waals surface area (Å²) in [6.45, 7) is 4.89. The minimum Gasteiger partial charge on any atom is -0.310 e. The third-order valence-electron chi connectivity index (χ3n) is 3.57. The van der Waals surface area contributed by atoms with Crippen molar-refractivity contribution in [3.05, 3.63) is 70.5 Å². The molecule has 0 aliphatic carbocycles. The minimum absolute atomic E-state index is 0.201. The van der Waals surface area contributed by atoms with Crippen molar-refractivity contribution in [1.29, 1.82) is 5.26 Å². The van der Waals surface area contributed by atoms with Crippen molar-refractivity contribution in [1.82, 2.24) is 5.32 Å². The van der Waals surface area contributed by atoms with Gasteiger partial charge in [0.2, 0.25) is 0 Å². The molecule has 108 valence electrons. The molecule has 0 aromatic heterocycles. The Morgan fingerprint density at radius 2 is 1.90 bits per heavy atom. The van der Waals surface area contributed by atoms with Crippen LogP contribution in [0, 0.1) is 24.1 Å². The molecule has 0 spiro atoms. The Morgan fingerprint density at radius 1 is 1.19 bits per heavy atom. The Labute approximate surface area is 125 Å². The predicted octanol–water partition coefficient (Wildman–Crippen LogP) is 3.73. The van der Waals surface area contributed by atoms with Gasteiger partial charge in [-0.1, -0.05) is 18.2 Å². The summed E-state index contributed by atoms with van der Waals surface area (Å²) in [6, 6.07) is 14.8. The van der Waals surface area contributed by atoms with E-state index in [1.807, 2.05) is 37.3 Å². The van der Waals surface area contributed by atoms with E-state index in [1.54, 1.807) is 0 Å². The summed E-state index contributed by atoms with van der Waals surface area (Å²) in [4.78, 5) is 0. The van der Waals surface area contributed by atoms with Crippen LogP contribution < -0.4 is 5.32 Å². The maximum Gasteiger partial charge on any atom is 0.123 e. The van der Waals surface area contributed by atoms with Gasteiger partial charge in [-0.2, -0.15) is 5.26 Å². The van der Waals surface area contributed by atoms with Crippen molar-refractivity contribution in [2.75, 3.05) is 0 Å². The van der Waals surface area contributed by atoms with Gasteiger partial charge in [0.25, 0.3) is 0 Å². The maximum atomic E-state index is 12.9. The topological polar surface area (TPSA) is 35.8 Å². The van der Waals surface area contributed by atoms with Crippen molar-refractivity contribution in [3.63, 3.8) is 0 Å². The first-order valence-corrected chi connectivity index (χ1v) is 7.06. The van der Waals surface area contributed by atoms with Gasteiger partial charge in [-0.3, -0.25) is 0 Å². The van der Waals surface area contributed by atoms with Crippen LogP contribution in [0.2, 0.25) is 0 Å². The highest BCUT2D eigenvalue weighted by Crippen LogP contribution is 2.11. The van der Waals surface area contributed by atoms with E-state index in [0.29, 0.717) is 11.6 Å². The van der Waals surface area contributed by atoms with Crippen LogP contribution in [0.1, 0.15) is 29.2 Å². The first kappa shape index (κ1) is 15.2. The third-order valence-corrected chi connectivity index (χ3v) is 3.57. The molecule has 0 amide bonds. The number of benzene rings is 2. The van der Waals surface area contributed by atoms with Crippen molar-refractivity contribution in [2.24, 2.45) is 0 Å². The van der Waals surface area contributed by atoms with E-state index in [-0.39, 0.29) is 5.82 Å². The van der Waals surface area contributed by atoms with Crippen molar-refractivity contribution < 1.29 is 4.39 Å². The molecule has 1 N–H and O–H groups in total. The Hall–Kier alpha value is -2.18. The summed E-state index contributed by atoms with van der Waals surface area (Å²) >= 11 is 0. The summed E-state index contributed by atoms with van der Waals surface area (Å²) < 4.78 is 12.9. The summed E-state index contributed by atoms with van der Waals surface area (Å²) in [7, 11) is 0. The first-order valence-electron chi connectivity index (χ1n) is 7.06. The molecule has 2 aromatic carbocycles. The lowest BCUT2D eigenvalue weighted by atomic mass is 10.0. The molecule has 0 heterocycles. The maximum absolute atomic E-state index is 12.9. The molecule has 1 unspecified atom stereocenters. The van der Waals surface area contributed by atoms with Gasteiger partial charge in [0.1, 0.15) is 5.82 Å². The van der Waals surface area contributed by atoms with E-state index in [4.69, 9.17) is 5.26 Å². The van der Waals surface area contributed by atoms with Gasteiger partial charge in [0.05, 0.1) is 11.6 Å². The van der Waals surface area contributed by atoms with Crippen LogP contribution in [0.15, 0.2) is 42.5 Å². The van der Waals surface area contributed by atoms with Gasteiger partial charge >= 0.3 is 0 Å². The zero-order valence-electron chi connectivity index (χ0n) is 12.4. The zero-order chi connectivity index (χ0) is 15.2. The molecule has 0 aliphatic heterocycles. The van der Waals surface area contributed by atoms with Crippen LogP contribution in [0.25, 0.3) is 0 Å². The van der Waals surface area contributed by atoms with Crippen LogP contribution in [0.3, 0.4) is 0 Å². The number of nitriles is 1. The molecule has 2 aromatic rings. The van der Waals surface area contributed by atoms with E-state index >= 15 is 0 Å². The summed E-state index contributed by atoms with van der Waals surface area (Å²) in [5.74, 6) is -0.201. The number of rotatable bonds is 5. The average Bonchev–Trinajstić information content (AvgIpc) is 2.48. The fourth-order valence-electron chi connectivity index (χ4n) is 2.29. The molecule has 3 heteroatoms. The minimum atomic E-state index is -0.201. The Kier molecular flexibility index (Phi) is 5.08. The number of aryl methyl sites for hydroxylation is 1. The zero-order valence-corrected chi connectivity index (χ0v) is 12.4. The lowest BCUT2D eigenvalue weighted by Crippen LogP contribution is -2.27. The van der Waals surface area contributed by atoms with Crippen LogP contribution >= 0.6 is 0 Å². The Bertz CT molecular complexity index is 641. The van der Waals surface area contributed by atoms with E-state index in [1.165, 1.54) is 17.7 Å². The highest BCUT2D eigenvalue weighted by Gasteiger charge is 2.05. The van der Waals surface area contributed by atoms with E-state index in [0.717, 1.165) is 24.1 Å². The lowest BCUT2D eigenvalue weighted by molar-refractivity contribution is 0.543. The second-order valence-electron chi connectivity index (χ2n) is 5.37. The second kappa shape index (κ2) is 7.01. The summed E-state index contributed by atoms with van der Waals surface area (Å²) in [5.41, 5.74) is 4.12. The molecule has 0 radical (unpaired) electrons. The molecule has 0 fully saturated rings. The van der Waals surface area contributed by atoms with Gasteiger partial charge in [-0.25, -0.2) is 4.39 Å². The molecule has 0 aliphatic rings. The Morgan fingerprint density at radius 3 is 2.52 bits per heavy atom. The molecule has 2 rings (SSSR count). The predicted molar refractivity (Wildman–Crippen MR) is 82.3 cm³/mol. The highest BCUT2D eigenvalue weighted by molar-refractivity contribution is 5.37.